The van der Waals surface area contributed by atoms with Gasteiger partial charge in [0.05, 0.1) is 6.04 Å². The van der Waals surface area contributed by atoms with Crippen LogP contribution >= 0.6 is 0 Å². The third-order valence-corrected chi connectivity index (χ3v) is 3.16. The van der Waals surface area contributed by atoms with Gasteiger partial charge >= 0.3 is 0 Å². The zero-order chi connectivity index (χ0) is 12.3. The van der Waals surface area contributed by atoms with E-state index in [-0.39, 0.29) is 11.8 Å². The number of rotatable bonds is 2. The van der Waals surface area contributed by atoms with Crippen molar-refractivity contribution >= 4 is 11.5 Å². The van der Waals surface area contributed by atoms with Gasteiger partial charge in [-0.15, -0.1) is 0 Å². The van der Waals surface area contributed by atoms with Crippen molar-refractivity contribution in [3.8, 4) is 6.07 Å². The molecule has 1 aromatic rings. The Balaban J connectivity index is 2.29. The van der Waals surface area contributed by atoms with Gasteiger partial charge in [0.15, 0.2) is 5.78 Å². The molecule has 88 valence electrons. The van der Waals surface area contributed by atoms with Crippen LogP contribution in [0.5, 0.6) is 0 Å². The summed E-state index contributed by atoms with van der Waals surface area (Å²) >= 11 is 0. The monoisotopic (exact) mass is 229 g/mol. The van der Waals surface area contributed by atoms with E-state index >= 15 is 0 Å². The molecule has 2 heterocycles. The topological polar surface area (TPSA) is 57.0 Å². The summed E-state index contributed by atoms with van der Waals surface area (Å²) in [7, 11) is 0. The van der Waals surface area contributed by atoms with Gasteiger partial charge in [-0.2, -0.15) is 5.26 Å². The highest BCUT2D eigenvalue weighted by molar-refractivity contribution is 5.85. The first kappa shape index (κ1) is 11.6. The fourth-order valence-corrected chi connectivity index (χ4v) is 2.32. The van der Waals surface area contributed by atoms with Gasteiger partial charge in [0.25, 0.3) is 0 Å². The number of piperidine rings is 1. The van der Waals surface area contributed by atoms with E-state index < -0.39 is 0 Å². The van der Waals surface area contributed by atoms with Crippen molar-refractivity contribution in [2.75, 3.05) is 11.4 Å². The molecule has 1 aliphatic rings. The maximum atomic E-state index is 11.6. The molecule has 1 aliphatic heterocycles. The number of hydrogen-bond donors (Lipinski definition) is 0. The van der Waals surface area contributed by atoms with Crippen molar-refractivity contribution in [1.29, 1.82) is 5.26 Å². The third-order valence-electron chi connectivity index (χ3n) is 3.16. The normalized spacial score (nSPS) is 19.8. The summed E-state index contributed by atoms with van der Waals surface area (Å²) in [5.41, 5.74) is 1.33. The first-order chi connectivity index (χ1) is 8.22. The van der Waals surface area contributed by atoms with Crippen LogP contribution in [0.15, 0.2) is 18.3 Å². The number of aromatic nitrogens is 1. The molecule has 0 aromatic carbocycles. The Morgan fingerprint density at radius 1 is 1.59 bits per heavy atom. The summed E-state index contributed by atoms with van der Waals surface area (Å²) in [6.07, 6.45) is 4.71. The minimum Gasteiger partial charge on any atom is -0.361 e. The molecule has 0 saturated carbocycles. The number of carbonyl (C=O) groups is 1. The Morgan fingerprint density at radius 2 is 2.41 bits per heavy atom. The molecule has 1 saturated heterocycles. The lowest BCUT2D eigenvalue weighted by atomic mass is 9.98. The molecule has 2 rings (SSSR count). The average Bonchev–Trinajstić information content (AvgIpc) is 2.39. The van der Waals surface area contributed by atoms with Gasteiger partial charge in [0.2, 0.25) is 0 Å². The van der Waals surface area contributed by atoms with E-state index in [9.17, 15) is 4.79 Å². The molecule has 0 aliphatic carbocycles. The summed E-state index contributed by atoms with van der Waals surface area (Å²) in [4.78, 5) is 17.7. The summed E-state index contributed by atoms with van der Waals surface area (Å²) < 4.78 is 0. The second-order valence-corrected chi connectivity index (χ2v) is 4.33. The summed E-state index contributed by atoms with van der Waals surface area (Å²) in [6, 6.07) is 5.60. The zero-order valence-electron chi connectivity index (χ0n) is 9.89. The van der Waals surface area contributed by atoms with E-state index in [1.54, 1.807) is 19.2 Å². The first-order valence-electron chi connectivity index (χ1n) is 5.85. The minimum atomic E-state index is -0.0438. The smallest absolute Gasteiger partial charge is 0.152 e. The molecule has 17 heavy (non-hydrogen) atoms. The van der Waals surface area contributed by atoms with Gasteiger partial charge in [-0.1, -0.05) is 0 Å². The molecule has 0 N–H and O–H groups in total. The second-order valence-electron chi connectivity index (χ2n) is 4.33. The maximum absolute atomic E-state index is 11.6. The Morgan fingerprint density at radius 3 is 3.12 bits per heavy atom. The Kier molecular flexibility index (Phi) is 3.38. The van der Waals surface area contributed by atoms with Gasteiger partial charge in [-0.25, -0.2) is 4.98 Å². The molecule has 0 spiro atoms. The maximum Gasteiger partial charge on any atom is 0.152 e. The van der Waals surface area contributed by atoms with E-state index in [4.69, 9.17) is 5.26 Å². The standard InChI is InChI=1S/C13H15N3O/c1-10(17)13-4-2-3-7-16(13)12-5-6-15-11(8-12)9-14/h5-6,8,13H,2-4,7H2,1H3. The molecular formula is C13H15N3O. The van der Waals surface area contributed by atoms with Crippen molar-refractivity contribution in [2.24, 2.45) is 0 Å². The number of carbonyl (C=O) groups excluding carboxylic acids is 1. The first-order valence-corrected chi connectivity index (χ1v) is 5.85. The van der Waals surface area contributed by atoms with Crippen LogP contribution in [0.4, 0.5) is 5.69 Å². The molecular weight excluding hydrogens is 214 g/mol. The van der Waals surface area contributed by atoms with Gasteiger partial charge in [0.1, 0.15) is 11.8 Å². The largest absolute Gasteiger partial charge is 0.361 e. The molecule has 0 amide bonds. The number of nitriles is 1. The number of nitrogens with zero attached hydrogens (tertiary/aromatic N) is 3. The average molecular weight is 229 g/mol. The second kappa shape index (κ2) is 4.96. The van der Waals surface area contributed by atoms with E-state index in [2.05, 4.69) is 9.88 Å². The SMILES string of the molecule is CC(=O)C1CCCCN1c1ccnc(C#N)c1. The molecule has 0 radical (unpaired) electrons. The predicted molar refractivity (Wildman–Crippen MR) is 64.6 cm³/mol. The zero-order valence-corrected chi connectivity index (χ0v) is 9.89. The highest BCUT2D eigenvalue weighted by atomic mass is 16.1. The summed E-state index contributed by atoms with van der Waals surface area (Å²) in [5.74, 6) is 0.194. The van der Waals surface area contributed by atoms with E-state index in [1.165, 1.54) is 0 Å². The van der Waals surface area contributed by atoms with Crippen LogP contribution in [-0.4, -0.2) is 23.4 Å². The highest BCUT2D eigenvalue weighted by Crippen LogP contribution is 2.25. The van der Waals surface area contributed by atoms with Crippen molar-refractivity contribution in [2.45, 2.75) is 32.2 Å². The van der Waals surface area contributed by atoms with Crippen LogP contribution in [0.2, 0.25) is 0 Å². The summed E-state index contributed by atoms with van der Waals surface area (Å²) in [5, 5.41) is 8.84. The predicted octanol–water partition coefficient (Wildman–Crippen LogP) is 1.90. The lowest BCUT2D eigenvalue weighted by molar-refractivity contribution is -0.118. The van der Waals surface area contributed by atoms with Crippen molar-refractivity contribution < 1.29 is 4.79 Å². The van der Waals surface area contributed by atoms with Crippen LogP contribution in [0, 0.1) is 11.3 Å². The van der Waals surface area contributed by atoms with Crippen LogP contribution in [-0.2, 0) is 4.79 Å². The molecule has 4 nitrogen and oxygen atoms in total. The number of pyridine rings is 1. The Hall–Kier alpha value is -1.89. The van der Waals surface area contributed by atoms with Crippen molar-refractivity contribution in [3.05, 3.63) is 24.0 Å². The Labute approximate surface area is 101 Å². The molecule has 4 heteroatoms. The van der Waals surface area contributed by atoms with Crippen LogP contribution in [0.25, 0.3) is 0 Å². The van der Waals surface area contributed by atoms with Gasteiger partial charge in [-0.05, 0) is 38.3 Å². The molecule has 1 unspecified atom stereocenters. The lowest BCUT2D eigenvalue weighted by Crippen LogP contribution is -2.43. The number of hydrogen-bond acceptors (Lipinski definition) is 4. The van der Waals surface area contributed by atoms with Gasteiger partial charge < -0.3 is 4.90 Å². The fourth-order valence-electron chi connectivity index (χ4n) is 2.32. The van der Waals surface area contributed by atoms with Gasteiger partial charge in [-0.3, -0.25) is 4.79 Å². The van der Waals surface area contributed by atoms with Crippen LogP contribution < -0.4 is 4.90 Å². The molecule has 1 fully saturated rings. The fraction of sp³-hybridized carbons (Fsp3) is 0.462. The van der Waals surface area contributed by atoms with Crippen molar-refractivity contribution in [1.82, 2.24) is 4.98 Å². The molecule has 1 atom stereocenters. The van der Waals surface area contributed by atoms with Crippen LogP contribution in [0.1, 0.15) is 31.9 Å². The minimum absolute atomic E-state index is 0.0438. The third kappa shape index (κ3) is 2.44. The Bertz CT molecular complexity index is 464. The number of anilines is 1. The number of Topliss-reactive ketones (excluding diaryl/α,β-unsaturated/α-hetero) is 1. The number of ketones is 1. The van der Waals surface area contributed by atoms with E-state index in [0.717, 1.165) is 31.5 Å². The van der Waals surface area contributed by atoms with E-state index in [1.807, 2.05) is 12.1 Å². The summed E-state index contributed by atoms with van der Waals surface area (Å²) in [6.45, 7) is 2.51. The van der Waals surface area contributed by atoms with E-state index in [0.29, 0.717) is 5.69 Å². The lowest BCUT2D eigenvalue weighted by Gasteiger charge is -2.36. The van der Waals surface area contributed by atoms with Gasteiger partial charge in [0, 0.05) is 18.4 Å². The van der Waals surface area contributed by atoms with Crippen molar-refractivity contribution in [3.63, 3.8) is 0 Å². The highest BCUT2D eigenvalue weighted by Gasteiger charge is 2.26. The molecule has 0 bridgehead atoms. The van der Waals surface area contributed by atoms with Crippen LogP contribution in [0.3, 0.4) is 0 Å². The molecule has 1 aromatic heterocycles. The quantitative estimate of drug-likeness (QED) is 0.777.